The van der Waals surface area contributed by atoms with E-state index >= 15 is 0 Å². The molecule has 1 atom stereocenters. The first-order valence-electron chi connectivity index (χ1n) is 9.05. The smallest absolute Gasteiger partial charge is 0.204 e. The average Bonchev–Trinajstić information content (AvgIpc) is 3.23. The highest BCUT2D eigenvalue weighted by Gasteiger charge is 2.21. The van der Waals surface area contributed by atoms with E-state index in [4.69, 9.17) is 0 Å². The summed E-state index contributed by atoms with van der Waals surface area (Å²) in [5.74, 6) is 0.631. The Bertz CT molecular complexity index is 779. The minimum absolute atomic E-state index is 0.177. The Kier molecular flexibility index (Phi) is 4.84. The third-order valence-electron chi connectivity index (χ3n) is 4.96. The molecule has 3 aromatic rings. The van der Waals surface area contributed by atoms with Crippen LogP contribution < -0.4 is 5.32 Å². The Hall–Kier alpha value is -2.53. The van der Waals surface area contributed by atoms with Crippen molar-refractivity contribution in [2.24, 2.45) is 0 Å². The van der Waals surface area contributed by atoms with Gasteiger partial charge in [0.25, 0.3) is 0 Å². The Balaban J connectivity index is 1.66. The summed E-state index contributed by atoms with van der Waals surface area (Å²) in [5.41, 5.74) is 3.51. The summed E-state index contributed by atoms with van der Waals surface area (Å²) in [6.07, 6.45) is 6.52. The molecule has 25 heavy (non-hydrogen) atoms. The lowest BCUT2D eigenvalue weighted by molar-refractivity contribution is 0.354. The number of H-pyrrole nitrogens is 1. The molecule has 2 aromatic carbocycles. The summed E-state index contributed by atoms with van der Waals surface area (Å²) in [6, 6.07) is 19.9. The van der Waals surface area contributed by atoms with Crippen molar-refractivity contribution >= 4 is 0 Å². The molecule has 5 nitrogen and oxygen atoms in total. The standard InChI is InChI=1S/C20H23N5/c1-3-8-15(9-4-1)19(21-18-12-5-2-6-13-18)16-10-7-11-17(14-16)20-22-24-25-23-20/h1,3-4,7-11,14,18-19,21H,2,5-6,12-13H2,(H,22,23,24,25). The fourth-order valence-electron chi connectivity index (χ4n) is 3.68. The maximum Gasteiger partial charge on any atom is 0.204 e. The number of aromatic amines is 1. The Morgan fingerprint density at radius 2 is 1.72 bits per heavy atom. The summed E-state index contributed by atoms with van der Waals surface area (Å²) in [6.45, 7) is 0. The molecule has 4 rings (SSSR count). The third-order valence-corrected chi connectivity index (χ3v) is 4.96. The van der Waals surface area contributed by atoms with Gasteiger partial charge in [-0.3, -0.25) is 0 Å². The van der Waals surface area contributed by atoms with E-state index < -0.39 is 0 Å². The van der Waals surface area contributed by atoms with E-state index in [-0.39, 0.29) is 6.04 Å². The van der Waals surface area contributed by atoms with E-state index in [1.807, 2.05) is 6.07 Å². The Morgan fingerprint density at radius 3 is 2.48 bits per heavy atom. The summed E-state index contributed by atoms with van der Waals surface area (Å²) < 4.78 is 0. The predicted octanol–water partition coefficient (Wildman–Crippen LogP) is 3.88. The molecule has 0 amide bonds. The van der Waals surface area contributed by atoms with Crippen molar-refractivity contribution < 1.29 is 0 Å². The highest BCUT2D eigenvalue weighted by Crippen LogP contribution is 2.28. The fourth-order valence-corrected chi connectivity index (χ4v) is 3.68. The molecule has 2 N–H and O–H groups in total. The molecule has 1 unspecified atom stereocenters. The Labute approximate surface area is 147 Å². The molecule has 0 aliphatic heterocycles. The fraction of sp³-hybridized carbons (Fsp3) is 0.350. The number of hydrogen-bond acceptors (Lipinski definition) is 4. The molecule has 0 spiro atoms. The van der Waals surface area contributed by atoms with Crippen LogP contribution in [0.3, 0.4) is 0 Å². The second-order valence-corrected chi connectivity index (χ2v) is 6.71. The number of rotatable bonds is 5. The molecule has 1 aliphatic carbocycles. The minimum Gasteiger partial charge on any atom is -0.303 e. The summed E-state index contributed by atoms with van der Waals surface area (Å²) in [4.78, 5) is 0. The number of nitrogens with one attached hydrogen (secondary N) is 2. The molecular formula is C20H23N5. The Morgan fingerprint density at radius 1 is 0.920 bits per heavy atom. The van der Waals surface area contributed by atoms with Crippen molar-refractivity contribution in [3.05, 3.63) is 65.7 Å². The zero-order valence-corrected chi connectivity index (χ0v) is 14.2. The largest absolute Gasteiger partial charge is 0.303 e. The van der Waals surface area contributed by atoms with Gasteiger partial charge in [-0.15, -0.1) is 10.2 Å². The van der Waals surface area contributed by atoms with E-state index in [9.17, 15) is 0 Å². The number of hydrogen-bond donors (Lipinski definition) is 2. The van der Waals surface area contributed by atoms with Crippen LogP contribution in [-0.2, 0) is 0 Å². The molecule has 1 fully saturated rings. The zero-order valence-electron chi connectivity index (χ0n) is 14.2. The van der Waals surface area contributed by atoms with Crippen LogP contribution in [0.5, 0.6) is 0 Å². The van der Waals surface area contributed by atoms with Crippen LogP contribution >= 0.6 is 0 Å². The molecule has 5 heteroatoms. The highest BCUT2D eigenvalue weighted by atomic mass is 15.5. The lowest BCUT2D eigenvalue weighted by Gasteiger charge is -2.29. The number of nitrogens with zero attached hydrogens (tertiary/aromatic N) is 3. The van der Waals surface area contributed by atoms with Crippen LogP contribution in [0.1, 0.15) is 49.3 Å². The van der Waals surface area contributed by atoms with Crippen molar-refractivity contribution in [2.75, 3.05) is 0 Å². The van der Waals surface area contributed by atoms with Crippen molar-refractivity contribution in [1.29, 1.82) is 0 Å². The summed E-state index contributed by atoms with van der Waals surface area (Å²) in [7, 11) is 0. The van der Waals surface area contributed by atoms with Gasteiger partial charge in [-0.25, -0.2) is 0 Å². The van der Waals surface area contributed by atoms with Gasteiger partial charge in [-0.1, -0.05) is 67.8 Å². The molecule has 1 aromatic heterocycles. The van der Waals surface area contributed by atoms with Crippen LogP contribution in [0.4, 0.5) is 0 Å². The quantitative estimate of drug-likeness (QED) is 0.743. The number of tetrazole rings is 1. The van der Waals surface area contributed by atoms with Gasteiger partial charge < -0.3 is 5.32 Å². The van der Waals surface area contributed by atoms with Gasteiger partial charge in [0.1, 0.15) is 0 Å². The zero-order chi connectivity index (χ0) is 16.9. The van der Waals surface area contributed by atoms with E-state index in [2.05, 4.69) is 74.5 Å². The van der Waals surface area contributed by atoms with E-state index in [1.54, 1.807) is 0 Å². The number of aromatic nitrogens is 4. The molecule has 128 valence electrons. The maximum absolute atomic E-state index is 4.11. The summed E-state index contributed by atoms with van der Waals surface area (Å²) in [5, 5.41) is 18.3. The van der Waals surface area contributed by atoms with Crippen LogP contribution in [0.15, 0.2) is 54.6 Å². The van der Waals surface area contributed by atoms with Crippen molar-refractivity contribution in [3.8, 4) is 11.4 Å². The van der Waals surface area contributed by atoms with Crippen LogP contribution in [-0.4, -0.2) is 26.7 Å². The van der Waals surface area contributed by atoms with Gasteiger partial charge in [0.15, 0.2) is 0 Å². The highest BCUT2D eigenvalue weighted by molar-refractivity contribution is 5.56. The maximum atomic E-state index is 4.11. The molecule has 1 heterocycles. The van der Waals surface area contributed by atoms with Gasteiger partial charge in [0, 0.05) is 11.6 Å². The van der Waals surface area contributed by atoms with Crippen LogP contribution in [0.2, 0.25) is 0 Å². The van der Waals surface area contributed by atoms with Gasteiger partial charge >= 0.3 is 0 Å². The molecular weight excluding hydrogens is 310 g/mol. The third kappa shape index (κ3) is 3.77. The number of benzene rings is 2. The lowest BCUT2D eigenvalue weighted by Crippen LogP contribution is -2.35. The van der Waals surface area contributed by atoms with E-state index in [1.165, 1.54) is 43.2 Å². The SMILES string of the molecule is c1ccc(C(NC2CCCCC2)c2cccc(-c3nn[nH]n3)c2)cc1. The average molecular weight is 333 g/mol. The van der Waals surface area contributed by atoms with Gasteiger partial charge in [0.05, 0.1) is 6.04 Å². The first kappa shape index (κ1) is 16.0. The van der Waals surface area contributed by atoms with Crippen molar-refractivity contribution in [1.82, 2.24) is 25.9 Å². The molecule has 1 aliphatic rings. The first-order chi connectivity index (χ1) is 12.4. The molecule has 0 bridgehead atoms. The van der Waals surface area contributed by atoms with Crippen LogP contribution in [0, 0.1) is 0 Å². The molecule has 0 radical (unpaired) electrons. The van der Waals surface area contributed by atoms with E-state index in [0.29, 0.717) is 11.9 Å². The predicted molar refractivity (Wildman–Crippen MR) is 97.9 cm³/mol. The van der Waals surface area contributed by atoms with E-state index in [0.717, 1.165) is 5.56 Å². The van der Waals surface area contributed by atoms with Crippen molar-refractivity contribution in [2.45, 2.75) is 44.2 Å². The van der Waals surface area contributed by atoms with Gasteiger partial charge in [-0.05, 0) is 35.2 Å². The minimum atomic E-state index is 0.177. The molecule has 0 saturated heterocycles. The second-order valence-electron chi connectivity index (χ2n) is 6.71. The second kappa shape index (κ2) is 7.57. The first-order valence-corrected chi connectivity index (χ1v) is 9.05. The lowest BCUT2D eigenvalue weighted by atomic mass is 9.91. The monoisotopic (exact) mass is 333 g/mol. The molecule has 1 saturated carbocycles. The summed E-state index contributed by atoms with van der Waals surface area (Å²) >= 11 is 0. The van der Waals surface area contributed by atoms with Gasteiger partial charge in [-0.2, -0.15) is 5.21 Å². The topological polar surface area (TPSA) is 66.5 Å². The van der Waals surface area contributed by atoms with Gasteiger partial charge in [0.2, 0.25) is 5.82 Å². The normalized spacial score (nSPS) is 16.6. The van der Waals surface area contributed by atoms with Crippen molar-refractivity contribution in [3.63, 3.8) is 0 Å². The van der Waals surface area contributed by atoms with Crippen LogP contribution in [0.25, 0.3) is 11.4 Å².